The highest BCUT2D eigenvalue weighted by atomic mass is 19.1. The molecule has 0 radical (unpaired) electrons. The molecule has 0 bridgehead atoms. The maximum atomic E-state index is 15.1. The Morgan fingerprint density at radius 1 is 1.25 bits per heavy atom. The second kappa shape index (κ2) is 10.1. The minimum absolute atomic E-state index is 0.0844. The Bertz CT molecular complexity index is 1240. The standard InChI is InChI=1S/C23H30FN9O3/c1-13(2)27-23(35)36-17-4-3-14(20(17)24)15-11-18(31-30-15)29-22-26-6-5-19-28-16(12-33(19)22)21(34)32-9-7-25-8-10-32/h5-6,11-14,17,20,25H,3-4,7-10H2,1-2H3,(H,27,35)(H2,26,29,30,31)/t14-,17-,20-/m0/s1. The van der Waals surface area contributed by atoms with Gasteiger partial charge in [0.15, 0.2) is 5.82 Å². The number of halogens is 1. The summed E-state index contributed by atoms with van der Waals surface area (Å²) in [4.78, 5) is 35.3. The number of H-pyrrole nitrogens is 1. The van der Waals surface area contributed by atoms with Crippen LogP contribution in [0.3, 0.4) is 0 Å². The van der Waals surface area contributed by atoms with Crippen LogP contribution in [0.4, 0.5) is 21.0 Å². The Hall–Kier alpha value is -3.74. The van der Waals surface area contributed by atoms with Gasteiger partial charge in [-0.2, -0.15) is 5.10 Å². The molecule has 12 nitrogen and oxygen atoms in total. The molecule has 0 unspecified atom stereocenters. The van der Waals surface area contributed by atoms with Crippen LogP contribution in [0, 0.1) is 0 Å². The predicted molar refractivity (Wildman–Crippen MR) is 129 cm³/mol. The lowest BCUT2D eigenvalue weighted by Gasteiger charge is -2.26. The molecular weight excluding hydrogens is 469 g/mol. The summed E-state index contributed by atoms with van der Waals surface area (Å²) in [6.07, 6.45) is 1.44. The number of aromatic amines is 1. The molecule has 2 aliphatic rings. The molecule has 1 aliphatic heterocycles. The Balaban J connectivity index is 1.27. The molecule has 0 spiro atoms. The highest BCUT2D eigenvalue weighted by Gasteiger charge is 2.41. The predicted octanol–water partition coefficient (Wildman–Crippen LogP) is 1.96. The van der Waals surface area contributed by atoms with E-state index in [-0.39, 0.29) is 11.9 Å². The van der Waals surface area contributed by atoms with Gasteiger partial charge < -0.3 is 25.6 Å². The smallest absolute Gasteiger partial charge is 0.407 e. The van der Waals surface area contributed by atoms with Crippen molar-refractivity contribution in [2.45, 2.75) is 50.9 Å². The number of aromatic nitrogens is 5. The number of carbonyl (C=O) groups excluding carboxylic acids is 2. The number of hydrogen-bond donors (Lipinski definition) is 4. The fourth-order valence-corrected chi connectivity index (χ4v) is 4.63. The maximum absolute atomic E-state index is 15.1. The van der Waals surface area contributed by atoms with Crippen molar-refractivity contribution in [1.82, 2.24) is 40.1 Å². The first-order chi connectivity index (χ1) is 17.4. The van der Waals surface area contributed by atoms with Gasteiger partial charge in [0.25, 0.3) is 5.91 Å². The Morgan fingerprint density at radius 2 is 2.06 bits per heavy atom. The van der Waals surface area contributed by atoms with Crippen molar-refractivity contribution in [3.63, 3.8) is 0 Å². The van der Waals surface area contributed by atoms with Gasteiger partial charge in [-0.3, -0.25) is 14.3 Å². The number of anilines is 2. The van der Waals surface area contributed by atoms with Crippen molar-refractivity contribution in [2.75, 3.05) is 31.5 Å². The molecule has 2 fully saturated rings. The molecule has 1 saturated heterocycles. The number of nitrogens with one attached hydrogen (secondary N) is 4. The summed E-state index contributed by atoms with van der Waals surface area (Å²) in [5.74, 6) is 0.280. The molecule has 5 rings (SSSR count). The van der Waals surface area contributed by atoms with Gasteiger partial charge in [-0.05, 0) is 32.8 Å². The highest BCUT2D eigenvalue weighted by Crippen LogP contribution is 2.38. The normalized spacial score (nSPS) is 22.2. The minimum atomic E-state index is -1.34. The summed E-state index contributed by atoms with van der Waals surface area (Å²) < 4.78 is 22.0. The van der Waals surface area contributed by atoms with Crippen LogP contribution < -0.4 is 16.0 Å². The van der Waals surface area contributed by atoms with E-state index >= 15 is 4.39 Å². The molecule has 192 valence electrons. The largest absolute Gasteiger partial charge is 0.443 e. The summed E-state index contributed by atoms with van der Waals surface area (Å²) in [7, 11) is 0. The zero-order valence-electron chi connectivity index (χ0n) is 20.2. The molecule has 4 heterocycles. The molecule has 13 heteroatoms. The van der Waals surface area contributed by atoms with Crippen LogP contribution in [-0.4, -0.2) is 86.0 Å². The van der Waals surface area contributed by atoms with Gasteiger partial charge in [-0.25, -0.2) is 19.2 Å². The van der Waals surface area contributed by atoms with Crippen molar-refractivity contribution in [3.05, 3.63) is 35.9 Å². The Morgan fingerprint density at radius 3 is 2.83 bits per heavy atom. The third-order valence-electron chi connectivity index (χ3n) is 6.41. The van der Waals surface area contributed by atoms with E-state index in [1.54, 1.807) is 33.8 Å². The minimum Gasteiger partial charge on any atom is -0.443 e. The van der Waals surface area contributed by atoms with E-state index in [9.17, 15) is 9.59 Å². The van der Waals surface area contributed by atoms with Crippen LogP contribution >= 0.6 is 0 Å². The Labute approximate surface area is 207 Å². The second-order valence-electron chi connectivity index (χ2n) is 9.37. The van der Waals surface area contributed by atoms with Crippen LogP contribution in [0.1, 0.15) is 48.8 Å². The van der Waals surface area contributed by atoms with E-state index in [2.05, 4.69) is 36.1 Å². The average molecular weight is 500 g/mol. The number of ether oxygens (including phenoxy) is 1. The molecule has 2 amide bonds. The van der Waals surface area contributed by atoms with E-state index in [4.69, 9.17) is 4.74 Å². The number of piperazine rings is 1. The number of nitrogens with zero attached hydrogens (tertiary/aromatic N) is 5. The number of alkyl halides is 1. The number of rotatable bonds is 6. The summed E-state index contributed by atoms with van der Waals surface area (Å²) in [6.45, 7) is 6.42. The number of alkyl carbamates (subject to hydrolysis) is 1. The van der Waals surface area contributed by atoms with Crippen molar-refractivity contribution in [1.29, 1.82) is 0 Å². The van der Waals surface area contributed by atoms with Gasteiger partial charge >= 0.3 is 6.09 Å². The fraction of sp³-hybridized carbons (Fsp3) is 0.522. The summed E-state index contributed by atoms with van der Waals surface area (Å²) >= 11 is 0. The molecule has 0 aromatic carbocycles. The van der Waals surface area contributed by atoms with E-state index in [1.807, 2.05) is 13.8 Å². The number of hydrogen-bond acceptors (Lipinski definition) is 8. The summed E-state index contributed by atoms with van der Waals surface area (Å²) in [5, 5.41) is 16.1. The van der Waals surface area contributed by atoms with Crippen LogP contribution in [0.5, 0.6) is 0 Å². The van der Waals surface area contributed by atoms with Crippen LogP contribution in [0.2, 0.25) is 0 Å². The van der Waals surface area contributed by atoms with Gasteiger partial charge in [-0.15, -0.1) is 0 Å². The molecular formula is C23H30FN9O3. The van der Waals surface area contributed by atoms with Crippen molar-refractivity contribution in [3.8, 4) is 0 Å². The van der Waals surface area contributed by atoms with E-state index in [0.717, 1.165) is 13.1 Å². The van der Waals surface area contributed by atoms with Gasteiger partial charge in [0.1, 0.15) is 23.6 Å². The van der Waals surface area contributed by atoms with Crippen LogP contribution in [-0.2, 0) is 4.74 Å². The number of carbonyl (C=O) groups is 2. The van der Waals surface area contributed by atoms with Crippen molar-refractivity contribution >= 4 is 29.4 Å². The number of fused-ring (bicyclic) bond motifs is 1. The SMILES string of the molecule is CC(C)NC(=O)O[C@H]1CC[C@@H](c2cc(Nc3nccc4nc(C(=O)N5CCNCC5)cn34)n[nH]2)[C@@H]1F. The first kappa shape index (κ1) is 24.0. The van der Waals surface area contributed by atoms with Gasteiger partial charge in [0.05, 0.1) is 0 Å². The summed E-state index contributed by atoms with van der Waals surface area (Å²) in [6, 6.07) is 3.36. The summed E-state index contributed by atoms with van der Waals surface area (Å²) in [5.41, 5.74) is 1.52. The second-order valence-corrected chi connectivity index (χ2v) is 9.37. The lowest BCUT2D eigenvalue weighted by atomic mass is 10.0. The lowest BCUT2D eigenvalue weighted by Crippen LogP contribution is -2.46. The quantitative estimate of drug-likeness (QED) is 0.403. The maximum Gasteiger partial charge on any atom is 0.407 e. The van der Waals surface area contributed by atoms with Crippen molar-refractivity contribution < 1.29 is 18.7 Å². The third kappa shape index (κ3) is 4.96. The van der Waals surface area contributed by atoms with Gasteiger partial charge in [0.2, 0.25) is 5.95 Å². The highest BCUT2D eigenvalue weighted by molar-refractivity contribution is 5.93. The first-order valence-corrected chi connectivity index (χ1v) is 12.2. The van der Waals surface area contributed by atoms with Gasteiger partial charge in [-0.1, -0.05) is 0 Å². The molecule has 4 N–H and O–H groups in total. The topological polar surface area (TPSA) is 142 Å². The van der Waals surface area contributed by atoms with Gasteiger partial charge in [0, 0.05) is 62.3 Å². The monoisotopic (exact) mass is 499 g/mol. The molecule has 3 atom stereocenters. The zero-order valence-corrected chi connectivity index (χ0v) is 20.2. The molecule has 3 aromatic rings. The third-order valence-corrected chi connectivity index (χ3v) is 6.41. The molecule has 36 heavy (non-hydrogen) atoms. The fourth-order valence-electron chi connectivity index (χ4n) is 4.63. The first-order valence-electron chi connectivity index (χ1n) is 12.2. The van der Waals surface area contributed by atoms with Crippen LogP contribution in [0.15, 0.2) is 24.5 Å². The average Bonchev–Trinajstić information content (AvgIpc) is 3.58. The van der Waals surface area contributed by atoms with E-state index in [0.29, 0.717) is 54.7 Å². The molecule has 1 saturated carbocycles. The zero-order chi connectivity index (χ0) is 25.2. The number of amides is 2. The van der Waals surface area contributed by atoms with E-state index in [1.165, 1.54) is 0 Å². The Kier molecular flexibility index (Phi) is 6.72. The lowest BCUT2D eigenvalue weighted by molar-refractivity contribution is 0.0555. The van der Waals surface area contributed by atoms with E-state index < -0.39 is 24.3 Å². The number of imidazole rings is 1. The van der Waals surface area contributed by atoms with Crippen molar-refractivity contribution in [2.24, 2.45) is 0 Å². The molecule has 1 aliphatic carbocycles. The van der Waals surface area contributed by atoms with Crippen LogP contribution in [0.25, 0.3) is 5.65 Å². The molecule has 3 aromatic heterocycles.